The number of thiazole rings is 1. The Labute approximate surface area is 106 Å². The van der Waals surface area contributed by atoms with Gasteiger partial charge in [-0.2, -0.15) is 0 Å². The molecule has 0 radical (unpaired) electrons. The lowest BCUT2D eigenvalue weighted by Crippen LogP contribution is -2.36. The van der Waals surface area contributed by atoms with E-state index in [0.29, 0.717) is 12.8 Å². The van der Waals surface area contributed by atoms with E-state index in [1.807, 2.05) is 12.3 Å². The molecule has 1 amide bonds. The summed E-state index contributed by atoms with van der Waals surface area (Å²) in [5, 5.41) is 14.8. The van der Waals surface area contributed by atoms with Gasteiger partial charge in [0.1, 0.15) is 0 Å². The summed E-state index contributed by atoms with van der Waals surface area (Å²) in [5.74, 6) is -0.0155. The number of nitrogens with one attached hydrogen (secondary N) is 1. The van der Waals surface area contributed by atoms with Crippen molar-refractivity contribution in [1.82, 2.24) is 10.3 Å². The number of aryl methyl sites for hydroxylation is 1. The molecule has 1 atom stereocenters. The first-order valence-electron chi connectivity index (χ1n) is 6.03. The van der Waals surface area contributed by atoms with Crippen LogP contribution >= 0.6 is 11.3 Å². The number of aliphatic hydroxyl groups excluding tert-OH is 1. The zero-order valence-electron chi connectivity index (χ0n) is 10.4. The van der Waals surface area contributed by atoms with Gasteiger partial charge < -0.3 is 10.4 Å². The van der Waals surface area contributed by atoms with E-state index in [0.717, 1.165) is 23.5 Å². The zero-order chi connectivity index (χ0) is 12.7. The van der Waals surface area contributed by atoms with E-state index in [9.17, 15) is 4.79 Å². The molecule has 0 aliphatic heterocycles. The first-order chi connectivity index (χ1) is 8.19. The third kappa shape index (κ3) is 4.83. The van der Waals surface area contributed by atoms with Crippen molar-refractivity contribution in [2.24, 2.45) is 0 Å². The molecular weight excluding hydrogens is 236 g/mol. The highest BCUT2D eigenvalue weighted by Crippen LogP contribution is 2.10. The molecule has 0 aliphatic rings. The standard InChI is InChI=1S/C12H20N2O2S/c1-3-9(5-6-15)13-11(16)7-10-8-17-12(4-2)14-10/h8-9,15H,3-7H2,1-2H3,(H,13,16). The predicted octanol–water partition coefficient (Wildman–Crippen LogP) is 1.53. The Balaban J connectivity index is 2.42. The van der Waals surface area contributed by atoms with Gasteiger partial charge in [0.25, 0.3) is 0 Å². The number of aliphatic hydroxyl groups is 1. The topological polar surface area (TPSA) is 62.2 Å². The number of nitrogens with zero attached hydrogens (tertiary/aromatic N) is 1. The van der Waals surface area contributed by atoms with Crippen molar-refractivity contribution in [3.8, 4) is 0 Å². The second-order valence-electron chi connectivity index (χ2n) is 3.95. The van der Waals surface area contributed by atoms with Crippen molar-refractivity contribution >= 4 is 17.2 Å². The Bertz CT molecular complexity index is 352. The molecular formula is C12H20N2O2S. The molecule has 17 heavy (non-hydrogen) atoms. The molecule has 5 heteroatoms. The van der Waals surface area contributed by atoms with E-state index in [-0.39, 0.29) is 18.6 Å². The molecule has 1 heterocycles. The Morgan fingerprint density at radius 3 is 2.88 bits per heavy atom. The summed E-state index contributed by atoms with van der Waals surface area (Å²) in [6.07, 6.45) is 2.69. The molecule has 0 fully saturated rings. The highest BCUT2D eigenvalue weighted by atomic mass is 32.1. The van der Waals surface area contributed by atoms with E-state index in [2.05, 4.69) is 17.2 Å². The Morgan fingerprint density at radius 1 is 1.59 bits per heavy atom. The van der Waals surface area contributed by atoms with Gasteiger partial charge in [-0.15, -0.1) is 11.3 Å². The van der Waals surface area contributed by atoms with Gasteiger partial charge in [0.05, 0.1) is 17.1 Å². The normalized spacial score (nSPS) is 12.4. The maximum absolute atomic E-state index is 11.7. The summed E-state index contributed by atoms with van der Waals surface area (Å²) in [6, 6.07) is 0.0665. The quantitative estimate of drug-likeness (QED) is 0.777. The molecule has 1 unspecified atom stereocenters. The minimum atomic E-state index is -0.0155. The second kappa shape index (κ2) is 7.40. The molecule has 4 nitrogen and oxygen atoms in total. The van der Waals surface area contributed by atoms with E-state index in [1.165, 1.54) is 0 Å². The third-order valence-electron chi connectivity index (χ3n) is 2.58. The lowest BCUT2D eigenvalue weighted by atomic mass is 10.1. The van der Waals surface area contributed by atoms with Crippen molar-refractivity contribution < 1.29 is 9.90 Å². The highest BCUT2D eigenvalue weighted by Gasteiger charge is 2.11. The first-order valence-corrected chi connectivity index (χ1v) is 6.91. The van der Waals surface area contributed by atoms with E-state index < -0.39 is 0 Å². The summed E-state index contributed by atoms with van der Waals surface area (Å²) in [7, 11) is 0. The average Bonchev–Trinajstić information content (AvgIpc) is 2.76. The van der Waals surface area contributed by atoms with Crippen LogP contribution < -0.4 is 5.32 Å². The van der Waals surface area contributed by atoms with E-state index in [4.69, 9.17) is 5.11 Å². The minimum Gasteiger partial charge on any atom is -0.396 e. The van der Waals surface area contributed by atoms with Gasteiger partial charge in [-0.05, 0) is 19.3 Å². The van der Waals surface area contributed by atoms with Crippen molar-refractivity contribution in [1.29, 1.82) is 0 Å². The van der Waals surface area contributed by atoms with Crippen LogP contribution in [0.1, 0.15) is 37.4 Å². The van der Waals surface area contributed by atoms with Crippen LogP contribution in [0.5, 0.6) is 0 Å². The molecule has 2 N–H and O–H groups in total. The summed E-state index contributed by atoms with van der Waals surface area (Å²) < 4.78 is 0. The Hall–Kier alpha value is -0.940. The van der Waals surface area contributed by atoms with Gasteiger partial charge in [-0.25, -0.2) is 4.98 Å². The number of carbonyl (C=O) groups is 1. The molecule has 0 saturated heterocycles. The lowest BCUT2D eigenvalue weighted by molar-refractivity contribution is -0.121. The van der Waals surface area contributed by atoms with Crippen LogP contribution in [0.3, 0.4) is 0 Å². The fraction of sp³-hybridized carbons (Fsp3) is 0.667. The second-order valence-corrected chi connectivity index (χ2v) is 4.89. The maximum atomic E-state index is 11.7. The van der Waals surface area contributed by atoms with E-state index in [1.54, 1.807) is 11.3 Å². The van der Waals surface area contributed by atoms with Crippen molar-refractivity contribution in [2.75, 3.05) is 6.61 Å². The minimum absolute atomic E-state index is 0.0155. The maximum Gasteiger partial charge on any atom is 0.226 e. The number of hydrogen-bond donors (Lipinski definition) is 2. The largest absolute Gasteiger partial charge is 0.396 e. The third-order valence-corrected chi connectivity index (χ3v) is 3.62. The van der Waals surface area contributed by atoms with Crippen LogP contribution in [0.4, 0.5) is 0 Å². The summed E-state index contributed by atoms with van der Waals surface area (Å²) in [5.41, 5.74) is 0.836. The zero-order valence-corrected chi connectivity index (χ0v) is 11.2. The van der Waals surface area contributed by atoms with Gasteiger partial charge in [0.15, 0.2) is 0 Å². The molecule has 0 aliphatic carbocycles. The summed E-state index contributed by atoms with van der Waals surface area (Å²) >= 11 is 1.60. The lowest BCUT2D eigenvalue weighted by Gasteiger charge is -2.15. The highest BCUT2D eigenvalue weighted by molar-refractivity contribution is 7.09. The van der Waals surface area contributed by atoms with Crippen LogP contribution in [0.15, 0.2) is 5.38 Å². The number of carbonyl (C=O) groups excluding carboxylic acids is 1. The number of amides is 1. The fourth-order valence-electron chi connectivity index (χ4n) is 1.57. The van der Waals surface area contributed by atoms with Crippen LogP contribution in [0, 0.1) is 0 Å². The average molecular weight is 256 g/mol. The van der Waals surface area contributed by atoms with Gasteiger partial charge in [-0.1, -0.05) is 13.8 Å². The smallest absolute Gasteiger partial charge is 0.226 e. The first kappa shape index (κ1) is 14.1. The van der Waals surface area contributed by atoms with Crippen molar-refractivity contribution in [3.63, 3.8) is 0 Å². The molecule has 96 valence electrons. The number of hydrogen-bond acceptors (Lipinski definition) is 4. The van der Waals surface area contributed by atoms with E-state index >= 15 is 0 Å². The van der Waals surface area contributed by atoms with Crippen LogP contribution in [0.2, 0.25) is 0 Å². The molecule has 0 spiro atoms. The van der Waals surface area contributed by atoms with Crippen molar-refractivity contribution in [2.45, 2.75) is 45.6 Å². The van der Waals surface area contributed by atoms with Crippen molar-refractivity contribution in [3.05, 3.63) is 16.1 Å². The van der Waals surface area contributed by atoms with Crippen LogP contribution in [-0.4, -0.2) is 28.6 Å². The number of aromatic nitrogens is 1. The van der Waals surface area contributed by atoms with Crippen LogP contribution in [-0.2, 0) is 17.6 Å². The van der Waals surface area contributed by atoms with Gasteiger partial charge in [0, 0.05) is 18.0 Å². The number of rotatable bonds is 7. The van der Waals surface area contributed by atoms with Crippen LogP contribution in [0.25, 0.3) is 0 Å². The fourth-order valence-corrected chi connectivity index (χ4v) is 2.31. The molecule has 1 aromatic heterocycles. The Morgan fingerprint density at radius 2 is 2.35 bits per heavy atom. The summed E-state index contributed by atoms with van der Waals surface area (Å²) in [6.45, 7) is 4.16. The Kier molecular flexibility index (Phi) is 6.15. The molecule has 0 aromatic carbocycles. The molecule has 1 aromatic rings. The SMILES string of the molecule is CCc1nc(CC(=O)NC(CC)CCO)cs1. The molecule has 0 saturated carbocycles. The van der Waals surface area contributed by atoms with Gasteiger partial charge in [0.2, 0.25) is 5.91 Å². The summed E-state index contributed by atoms with van der Waals surface area (Å²) in [4.78, 5) is 16.1. The monoisotopic (exact) mass is 256 g/mol. The predicted molar refractivity (Wildman–Crippen MR) is 69.1 cm³/mol. The molecule has 0 bridgehead atoms. The van der Waals surface area contributed by atoms with Gasteiger partial charge >= 0.3 is 0 Å². The molecule has 1 rings (SSSR count). The van der Waals surface area contributed by atoms with Gasteiger partial charge in [-0.3, -0.25) is 4.79 Å².